The minimum absolute atomic E-state index is 0.0343. The van der Waals surface area contributed by atoms with E-state index in [-0.39, 0.29) is 17.5 Å². The van der Waals surface area contributed by atoms with Crippen LogP contribution >= 0.6 is 0 Å². The normalized spacial score (nSPS) is 27.3. The van der Waals surface area contributed by atoms with Gasteiger partial charge in [-0.2, -0.15) is 0 Å². The van der Waals surface area contributed by atoms with Crippen LogP contribution in [0.3, 0.4) is 0 Å². The Morgan fingerprint density at radius 3 is 2.59 bits per heavy atom. The summed E-state index contributed by atoms with van der Waals surface area (Å²) in [6.07, 6.45) is 1.82. The molecule has 4 heteroatoms. The number of hydrogen-bond donors (Lipinski definition) is 1. The number of amides is 1. The van der Waals surface area contributed by atoms with E-state index in [4.69, 9.17) is 5.73 Å². The lowest BCUT2D eigenvalue weighted by molar-refractivity contribution is -0.151. The lowest BCUT2D eigenvalue weighted by Crippen LogP contribution is -2.66. The molecule has 2 unspecified atom stereocenters. The number of likely N-dealkylation sites (N-methyl/N-ethyl adjacent to an activating group) is 1. The van der Waals surface area contributed by atoms with E-state index in [2.05, 4.69) is 32.6 Å². The lowest BCUT2D eigenvalue weighted by atomic mass is 9.92. The van der Waals surface area contributed by atoms with E-state index < -0.39 is 0 Å². The van der Waals surface area contributed by atoms with Crippen LogP contribution in [0.4, 0.5) is 0 Å². The van der Waals surface area contributed by atoms with Crippen molar-refractivity contribution in [1.29, 1.82) is 0 Å². The fraction of sp³-hybridized carbons (Fsp3) is 0.923. The van der Waals surface area contributed by atoms with E-state index in [9.17, 15) is 4.79 Å². The van der Waals surface area contributed by atoms with Crippen molar-refractivity contribution < 1.29 is 4.79 Å². The lowest BCUT2D eigenvalue weighted by Gasteiger charge is -2.51. The van der Waals surface area contributed by atoms with Crippen LogP contribution in [0.25, 0.3) is 0 Å². The molecule has 0 radical (unpaired) electrons. The van der Waals surface area contributed by atoms with Crippen LogP contribution in [0.2, 0.25) is 0 Å². The van der Waals surface area contributed by atoms with Crippen molar-refractivity contribution in [3.8, 4) is 0 Å². The fourth-order valence-corrected chi connectivity index (χ4v) is 2.47. The Bertz CT molecular complexity index is 278. The molecule has 0 aromatic heterocycles. The van der Waals surface area contributed by atoms with Crippen molar-refractivity contribution in [2.24, 2.45) is 5.73 Å². The molecule has 1 aliphatic heterocycles. The zero-order chi connectivity index (χ0) is 13.2. The van der Waals surface area contributed by atoms with Crippen LogP contribution in [0.15, 0.2) is 0 Å². The Morgan fingerprint density at radius 1 is 1.53 bits per heavy atom. The Hall–Kier alpha value is -0.610. The monoisotopic (exact) mass is 241 g/mol. The van der Waals surface area contributed by atoms with Crippen molar-refractivity contribution in [2.75, 3.05) is 20.1 Å². The Kier molecular flexibility index (Phi) is 4.55. The second-order valence-corrected chi connectivity index (χ2v) is 5.73. The smallest absolute Gasteiger partial charge is 0.240 e. The number of carbonyl (C=O) groups excluding carboxylic acids is 1. The zero-order valence-corrected chi connectivity index (χ0v) is 11.9. The number of rotatable bonds is 4. The topological polar surface area (TPSA) is 49.6 Å². The molecule has 0 aromatic rings. The van der Waals surface area contributed by atoms with Gasteiger partial charge in [0.2, 0.25) is 5.91 Å². The molecule has 0 saturated carbocycles. The summed E-state index contributed by atoms with van der Waals surface area (Å²) < 4.78 is 0. The second-order valence-electron chi connectivity index (χ2n) is 5.73. The van der Waals surface area contributed by atoms with Gasteiger partial charge in [0.15, 0.2) is 0 Å². The first-order valence-electron chi connectivity index (χ1n) is 6.58. The summed E-state index contributed by atoms with van der Waals surface area (Å²) in [5, 5.41) is 0. The molecule has 4 nitrogen and oxygen atoms in total. The van der Waals surface area contributed by atoms with Crippen molar-refractivity contribution >= 4 is 5.91 Å². The van der Waals surface area contributed by atoms with Gasteiger partial charge in [-0.3, -0.25) is 9.69 Å². The van der Waals surface area contributed by atoms with Crippen LogP contribution in [-0.2, 0) is 4.79 Å². The highest BCUT2D eigenvalue weighted by Crippen LogP contribution is 2.27. The van der Waals surface area contributed by atoms with Crippen LogP contribution in [-0.4, -0.2) is 53.5 Å². The summed E-state index contributed by atoms with van der Waals surface area (Å²) in [7, 11) is 1.90. The number of carbonyl (C=O) groups is 1. The summed E-state index contributed by atoms with van der Waals surface area (Å²) >= 11 is 0. The quantitative estimate of drug-likeness (QED) is 0.800. The van der Waals surface area contributed by atoms with E-state index in [0.717, 1.165) is 19.4 Å². The average molecular weight is 241 g/mol. The molecule has 2 N–H and O–H groups in total. The van der Waals surface area contributed by atoms with Crippen molar-refractivity contribution in [1.82, 2.24) is 9.80 Å². The van der Waals surface area contributed by atoms with Crippen LogP contribution < -0.4 is 5.73 Å². The zero-order valence-electron chi connectivity index (χ0n) is 11.9. The maximum atomic E-state index is 12.4. The molecular formula is C13H27N3O. The molecular weight excluding hydrogens is 214 g/mol. The summed E-state index contributed by atoms with van der Waals surface area (Å²) in [6, 6.07) is 0.399. The molecule has 0 spiro atoms. The minimum Gasteiger partial charge on any atom is -0.338 e. The summed E-state index contributed by atoms with van der Waals surface area (Å²) in [5.41, 5.74) is 5.55. The van der Waals surface area contributed by atoms with Gasteiger partial charge in [0.1, 0.15) is 0 Å². The highest BCUT2D eigenvalue weighted by molar-refractivity contribution is 5.83. The highest BCUT2D eigenvalue weighted by Gasteiger charge is 2.43. The Morgan fingerprint density at radius 2 is 2.12 bits per heavy atom. The molecule has 0 aromatic carbocycles. The molecule has 2 atom stereocenters. The first-order valence-corrected chi connectivity index (χ1v) is 6.58. The molecule has 1 saturated heterocycles. The first-order chi connectivity index (χ1) is 7.85. The van der Waals surface area contributed by atoms with Gasteiger partial charge in [-0.1, -0.05) is 6.92 Å². The molecule has 17 heavy (non-hydrogen) atoms. The van der Waals surface area contributed by atoms with E-state index in [1.165, 1.54) is 0 Å². The average Bonchev–Trinajstić information content (AvgIpc) is 2.29. The van der Waals surface area contributed by atoms with E-state index >= 15 is 0 Å². The van der Waals surface area contributed by atoms with Gasteiger partial charge in [0.05, 0.1) is 6.04 Å². The predicted molar refractivity (Wildman–Crippen MR) is 70.8 cm³/mol. The maximum absolute atomic E-state index is 12.4. The highest BCUT2D eigenvalue weighted by atomic mass is 16.2. The van der Waals surface area contributed by atoms with Crippen LogP contribution in [0.5, 0.6) is 0 Å². The van der Waals surface area contributed by atoms with Gasteiger partial charge in [-0.25, -0.2) is 0 Å². The number of nitrogens with zero attached hydrogens (tertiary/aromatic N) is 2. The molecule has 1 aliphatic rings. The first kappa shape index (κ1) is 14.5. The fourth-order valence-electron chi connectivity index (χ4n) is 2.47. The van der Waals surface area contributed by atoms with Gasteiger partial charge < -0.3 is 10.6 Å². The summed E-state index contributed by atoms with van der Waals surface area (Å²) in [5.74, 6) is 0.215. The van der Waals surface area contributed by atoms with Gasteiger partial charge in [0, 0.05) is 25.2 Å². The minimum atomic E-state index is -0.0917. The number of nitrogens with two attached hydrogens (primary N) is 1. The molecule has 1 rings (SSSR count). The molecule has 1 amide bonds. The van der Waals surface area contributed by atoms with Crippen LogP contribution in [0.1, 0.15) is 40.5 Å². The van der Waals surface area contributed by atoms with Gasteiger partial charge in [0.25, 0.3) is 0 Å². The summed E-state index contributed by atoms with van der Waals surface area (Å²) in [4.78, 5) is 16.6. The molecule has 1 heterocycles. The third-order valence-corrected chi connectivity index (χ3v) is 4.09. The predicted octanol–water partition coefficient (Wildman–Crippen LogP) is 1.05. The maximum Gasteiger partial charge on any atom is 0.240 e. The summed E-state index contributed by atoms with van der Waals surface area (Å²) in [6.45, 7) is 10.1. The third kappa shape index (κ3) is 2.80. The van der Waals surface area contributed by atoms with Gasteiger partial charge in [-0.15, -0.1) is 0 Å². The molecule has 0 aliphatic carbocycles. The standard InChI is InChI=1S/C13H27N3O/c1-6-10(2)16-9-13(3,4)15(5)12(17)11(16)7-8-14/h10-11H,6-9,14H2,1-5H3. The SMILES string of the molecule is CCC(C)N1CC(C)(C)N(C)C(=O)C1CCN. The van der Waals surface area contributed by atoms with Crippen molar-refractivity contribution in [2.45, 2.75) is 58.2 Å². The van der Waals surface area contributed by atoms with E-state index in [1.807, 2.05) is 11.9 Å². The second kappa shape index (κ2) is 5.36. The Balaban J connectivity index is 2.95. The van der Waals surface area contributed by atoms with Gasteiger partial charge in [-0.05, 0) is 40.2 Å². The number of piperazine rings is 1. The largest absolute Gasteiger partial charge is 0.338 e. The van der Waals surface area contributed by atoms with Crippen LogP contribution in [0, 0.1) is 0 Å². The van der Waals surface area contributed by atoms with Crippen molar-refractivity contribution in [3.05, 3.63) is 0 Å². The van der Waals surface area contributed by atoms with Crippen molar-refractivity contribution in [3.63, 3.8) is 0 Å². The third-order valence-electron chi connectivity index (χ3n) is 4.09. The molecule has 0 bridgehead atoms. The molecule has 1 fully saturated rings. The van der Waals surface area contributed by atoms with E-state index in [1.54, 1.807) is 0 Å². The van der Waals surface area contributed by atoms with Gasteiger partial charge >= 0.3 is 0 Å². The molecule has 100 valence electrons. The number of hydrogen-bond acceptors (Lipinski definition) is 3. The Labute approximate surface area is 105 Å². The van der Waals surface area contributed by atoms with E-state index in [0.29, 0.717) is 12.6 Å².